The molecule has 0 aliphatic carbocycles. The SMILES string of the molecule is NOOSc1ccc(CCNC(=O)CCCCCCCCCC[N+]23Cc4cccc[n+]4C2[n+]2ccccc2C3)cc1. The van der Waals surface area contributed by atoms with Crippen LogP contribution >= 0.6 is 12.0 Å². The van der Waals surface area contributed by atoms with Crippen LogP contribution in [0.25, 0.3) is 0 Å². The van der Waals surface area contributed by atoms with Crippen molar-refractivity contribution in [1.82, 2.24) is 5.32 Å². The Balaban J connectivity index is 0.905. The van der Waals surface area contributed by atoms with Gasteiger partial charge in [0.25, 0.3) is 0 Å². The van der Waals surface area contributed by atoms with E-state index in [1.807, 2.05) is 24.3 Å². The van der Waals surface area contributed by atoms with Gasteiger partial charge in [-0.05, 0) is 55.5 Å². The number of pyridine rings is 2. The quantitative estimate of drug-likeness (QED) is 0.0600. The molecule has 9 heteroatoms. The first-order valence-electron chi connectivity index (χ1n) is 15.1. The number of nitrogens with zero attached hydrogens (tertiary/aromatic N) is 3. The summed E-state index contributed by atoms with van der Waals surface area (Å²) in [6.45, 7) is 4.13. The van der Waals surface area contributed by atoms with E-state index in [4.69, 9.17) is 5.90 Å². The van der Waals surface area contributed by atoms with Gasteiger partial charge < -0.3 is 5.32 Å². The normalized spacial score (nSPS) is 18.6. The first kappa shape index (κ1) is 29.7. The van der Waals surface area contributed by atoms with Gasteiger partial charge in [-0.25, -0.2) is 0 Å². The van der Waals surface area contributed by atoms with Crippen molar-refractivity contribution in [3.63, 3.8) is 0 Å². The third-order valence-electron chi connectivity index (χ3n) is 8.48. The number of carbonyl (C=O) groups excluding carboxylic acids is 1. The van der Waals surface area contributed by atoms with Gasteiger partial charge in [0.2, 0.25) is 17.3 Å². The number of nitrogens with one attached hydrogen (secondary N) is 1. The highest BCUT2D eigenvalue weighted by atomic mass is 32.2. The zero-order valence-corrected chi connectivity index (χ0v) is 24.8. The minimum atomic E-state index is 0.154. The summed E-state index contributed by atoms with van der Waals surface area (Å²) in [5, 5.41) is 3.05. The summed E-state index contributed by atoms with van der Waals surface area (Å²) >= 11 is 1.06. The molecule has 0 spiro atoms. The second-order valence-electron chi connectivity index (χ2n) is 11.4. The van der Waals surface area contributed by atoms with Gasteiger partial charge in [0.05, 0.1) is 18.6 Å². The van der Waals surface area contributed by atoms with Gasteiger partial charge in [-0.3, -0.25) is 4.79 Å². The number of quaternary nitrogens is 1. The molecule has 0 saturated carbocycles. The second-order valence-corrected chi connectivity index (χ2v) is 12.1. The monoisotopic (exact) mass is 578 g/mol. The number of nitrogens with two attached hydrogens (primary N) is 1. The predicted octanol–water partition coefficient (Wildman–Crippen LogP) is 4.81. The molecule has 0 radical (unpaired) electrons. The third-order valence-corrected chi connectivity index (χ3v) is 9.09. The molecule has 8 nitrogen and oxygen atoms in total. The lowest BCUT2D eigenvalue weighted by molar-refractivity contribution is -1.16. The number of amides is 1. The van der Waals surface area contributed by atoms with E-state index in [1.54, 1.807) is 0 Å². The lowest BCUT2D eigenvalue weighted by atomic mass is 10.1. The number of rotatable bonds is 17. The van der Waals surface area contributed by atoms with Crippen molar-refractivity contribution in [3.05, 3.63) is 90.0 Å². The Morgan fingerprint density at radius 1 is 0.854 bits per heavy atom. The highest BCUT2D eigenvalue weighted by molar-refractivity contribution is 7.94. The van der Waals surface area contributed by atoms with E-state index in [2.05, 4.69) is 72.6 Å². The summed E-state index contributed by atoms with van der Waals surface area (Å²) in [6, 6.07) is 21.2. The van der Waals surface area contributed by atoms with Crippen LogP contribution in [0.4, 0.5) is 0 Å². The van der Waals surface area contributed by atoms with Crippen molar-refractivity contribution in [2.45, 2.75) is 88.5 Å². The third kappa shape index (κ3) is 7.72. The molecule has 1 aromatic carbocycles. The molecule has 0 atom stereocenters. The van der Waals surface area contributed by atoms with Gasteiger partial charge in [0, 0.05) is 42.1 Å². The zero-order valence-electron chi connectivity index (χ0n) is 24.0. The highest BCUT2D eigenvalue weighted by Crippen LogP contribution is 2.34. The van der Waals surface area contributed by atoms with Crippen molar-refractivity contribution in [1.29, 1.82) is 0 Å². The van der Waals surface area contributed by atoms with Crippen LogP contribution < -0.4 is 20.3 Å². The molecule has 41 heavy (non-hydrogen) atoms. The molecule has 3 aromatic rings. The first-order valence-corrected chi connectivity index (χ1v) is 15.8. The number of unbranched alkanes of at least 4 members (excludes halogenated alkanes) is 7. The van der Waals surface area contributed by atoms with E-state index >= 15 is 0 Å². The van der Waals surface area contributed by atoms with Crippen molar-refractivity contribution in [2.75, 3.05) is 13.1 Å². The molecule has 218 valence electrons. The fraction of sp³-hybridized carbons (Fsp3) is 0.469. The summed E-state index contributed by atoms with van der Waals surface area (Å²) in [4.78, 5) is 17.2. The molecule has 0 bridgehead atoms. The van der Waals surface area contributed by atoms with Crippen LogP contribution in [0, 0.1) is 0 Å². The summed E-state index contributed by atoms with van der Waals surface area (Å²) in [5.41, 5.74) is 4.06. The van der Waals surface area contributed by atoms with Crippen LogP contribution in [0.3, 0.4) is 0 Å². The first-order chi connectivity index (χ1) is 20.2. The fourth-order valence-corrected chi connectivity index (χ4v) is 6.84. The topological polar surface area (TPSA) is 81.3 Å². The molecule has 2 aliphatic heterocycles. The maximum Gasteiger partial charge on any atom is 0.484 e. The largest absolute Gasteiger partial charge is 0.484 e. The number of benzene rings is 1. The number of fused-ring (bicyclic) bond motifs is 5. The molecular formula is C32H44N5O3S+3. The van der Waals surface area contributed by atoms with Gasteiger partial charge in [0.15, 0.2) is 25.5 Å². The van der Waals surface area contributed by atoms with Crippen LogP contribution in [0.2, 0.25) is 0 Å². The van der Waals surface area contributed by atoms with E-state index in [0.717, 1.165) is 53.8 Å². The van der Waals surface area contributed by atoms with Crippen LogP contribution in [0.1, 0.15) is 81.0 Å². The Morgan fingerprint density at radius 3 is 2.10 bits per heavy atom. The Kier molecular flexibility index (Phi) is 10.8. The van der Waals surface area contributed by atoms with Crippen LogP contribution in [0.15, 0.2) is 78.0 Å². The lowest BCUT2D eigenvalue weighted by Gasteiger charge is -2.24. The summed E-state index contributed by atoms with van der Waals surface area (Å²) in [5.74, 6) is 5.00. The molecule has 1 amide bonds. The molecule has 2 aliphatic rings. The molecule has 0 saturated heterocycles. The summed E-state index contributed by atoms with van der Waals surface area (Å²) < 4.78 is 10.8. The van der Waals surface area contributed by atoms with E-state index in [9.17, 15) is 4.79 Å². The minimum absolute atomic E-state index is 0.154. The Bertz CT molecular complexity index is 1220. The smallest absolute Gasteiger partial charge is 0.356 e. The van der Waals surface area contributed by atoms with Crippen LogP contribution in [-0.4, -0.2) is 23.5 Å². The molecule has 0 fully saturated rings. The van der Waals surface area contributed by atoms with Crippen LogP contribution in [0.5, 0.6) is 0 Å². The number of hydrogen-bond donors (Lipinski definition) is 2. The number of aromatic nitrogens is 2. The Labute approximate surface area is 248 Å². The second kappa shape index (κ2) is 14.9. The predicted molar refractivity (Wildman–Crippen MR) is 157 cm³/mol. The fourth-order valence-electron chi connectivity index (χ4n) is 6.48. The van der Waals surface area contributed by atoms with Crippen LogP contribution in [-0.2, 0) is 33.6 Å². The van der Waals surface area contributed by atoms with Crippen molar-refractivity contribution >= 4 is 17.9 Å². The maximum absolute atomic E-state index is 12.2. The zero-order chi connectivity index (χ0) is 28.3. The maximum atomic E-state index is 12.2. The number of carbonyl (C=O) groups is 1. The van der Waals surface area contributed by atoms with E-state index < -0.39 is 0 Å². The average Bonchev–Trinajstić information content (AvgIpc) is 3.48. The van der Waals surface area contributed by atoms with Crippen molar-refractivity contribution < 1.29 is 27.7 Å². The van der Waals surface area contributed by atoms with Gasteiger partial charge >= 0.3 is 6.29 Å². The molecule has 4 heterocycles. The van der Waals surface area contributed by atoms with E-state index in [0.29, 0.717) is 19.3 Å². The van der Waals surface area contributed by atoms with E-state index in [1.165, 1.54) is 62.0 Å². The molecular weight excluding hydrogens is 534 g/mol. The van der Waals surface area contributed by atoms with Gasteiger partial charge in [-0.15, -0.1) is 9.32 Å². The molecule has 2 aromatic heterocycles. The molecule has 3 N–H and O–H groups in total. The number of hydrogen-bond acceptors (Lipinski definition) is 5. The van der Waals surface area contributed by atoms with Crippen molar-refractivity contribution in [2.24, 2.45) is 5.90 Å². The summed E-state index contributed by atoms with van der Waals surface area (Å²) in [6.07, 6.45) is 16.1. The standard InChI is InChI=1S/C32H43N5O3S/c33-39-40-41-30-18-16-27(17-19-30)20-21-34-31(38)15-7-5-3-1-2-4-6-12-24-37-25-28-13-8-10-22-35(28)32(37)36-23-11-9-14-29(36)26-37/h8-11,13-14,16-19,22-23,32H,1-7,12,15,20-21,24-26,33H2/q+2/p+1. The Morgan fingerprint density at radius 2 is 1.46 bits per heavy atom. The minimum Gasteiger partial charge on any atom is -0.356 e. The Hall–Kier alpha value is -2.82. The highest BCUT2D eigenvalue weighted by Gasteiger charge is 2.63. The molecule has 5 rings (SSSR count). The summed E-state index contributed by atoms with van der Waals surface area (Å²) in [7, 11) is 0. The van der Waals surface area contributed by atoms with E-state index in [-0.39, 0.29) is 5.91 Å². The lowest BCUT2D eigenvalue weighted by Crippen LogP contribution is -2.62. The van der Waals surface area contributed by atoms with Crippen molar-refractivity contribution in [3.8, 4) is 0 Å². The van der Waals surface area contributed by atoms with Gasteiger partial charge in [0.1, 0.15) is 0 Å². The average molecular weight is 579 g/mol. The molecule has 0 unspecified atom stereocenters. The van der Waals surface area contributed by atoms with Gasteiger partial charge in [-0.1, -0.05) is 53.4 Å². The van der Waals surface area contributed by atoms with Gasteiger partial charge in [-0.2, -0.15) is 10.4 Å².